The first-order valence-corrected chi connectivity index (χ1v) is 7.48. The Balaban J connectivity index is 1.80. The molecule has 0 bridgehead atoms. The van der Waals surface area contributed by atoms with Crippen LogP contribution in [0.1, 0.15) is 42.6 Å². The maximum absolute atomic E-state index is 11.9. The Morgan fingerprint density at radius 2 is 2.28 bits per heavy atom. The lowest BCUT2D eigenvalue weighted by molar-refractivity contribution is -0.129. The standard InChI is InChI=1S/C13H21N3OS/c1-3-11-8-15-13(18-11)10(2)14-9-12(17)16-6-4-5-7-16/h8,10,14H,3-7,9H2,1-2H3. The lowest BCUT2D eigenvalue weighted by Gasteiger charge is -2.17. The molecule has 0 aliphatic carbocycles. The van der Waals surface area contributed by atoms with Gasteiger partial charge in [-0.3, -0.25) is 10.1 Å². The number of hydrogen-bond acceptors (Lipinski definition) is 4. The van der Waals surface area contributed by atoms with E-state index in [0.717, 1.165) is 37.4 Å². The molecule has 1 N–H and O–H groups in total. The Labute approximate surface area is 112 Å². The molecule has 18 heavy (non-hydrogen) atoms. The highest BCUT2D eigenvalue weighted by molar-refractivity contribution is 7.11. The molecule has 1 aromatic heterocycles. The van der Waals surface area contributed by atoms with E-state index >= 15 is 0 Å². The number of nitrogens with one attached hydrogen (secondary N) is 1. The fourth-order valence-electron chi connectivity index (χ4n) is 2.09. The molecule has 0 radical (unpaired) electrons. The van der Waals surface area contributed by atoms with Gasteiger partial charge in [-0.1, -0.05) is 6.92 Å². The molecule has 1 fully saturated rings. The van der Waals surface area contributed by atoms with E-state index in [1.165, 1.54) is 4.88 Å². The van der Waals surface area contributed by atoms with Gasteiger partial charge in [0, 0.05) is 24.2 Å². The van der Waals surface area contributed by atoms with Gasteiger partial charge < -0.3 is 4.90 Å². The molecule has 1 amide bonds. The summed E-state index contributed by atoms with van der Waals surface area (Å²) in [7, 11) is 0. The Bertz CT molecular complexity index is 399. The number of hydrogen-bond donors (Lipinski definition) is 1. The molecule has 100 valence electrons. The van der Waals surface area contributed by atoms with Gasteiger partial charge in [-0.25, -0.2) is 4.98 Å². The average Bonchev–Trinajstić information content (AvgIpc) is 3.05. The number of amides is 1. The van der Waals surface area contributed by atoms with Crippen LogP contribution in [0.4, 0.5) is 0 Å². The van der Waals surface area contributed by atoms with Crippen LogP contribution < -0.4 is 5.32 Å². The molecular formula is C13H21N3OS. The van der Waals surface area contributed by atoms with Gasteiger partial charge in [0.05, 0.1) is 12.6 Å². The number of carbonyl (C=O) groups is 1. The van der Waals surface area contributed by atoms with E-state index in [2.05, 4.69) is 24.1 Å². The van der Waals surface area contributed by atoms with Gasteiger partial charge in [0.1, 0.15) is 5.01 Å². The van der Waals surface area contributed by atoms with E-state index in [1.807, 2.05) is 11.1 Å². The third-order valence-electron chi connectivity index (χ3n) is 3.31. The van der Waals surface area contributed by atoms with Gasteiger partial charge in [0.2, 0.25) is 5.91 Å². The van der Waals surface area contributed by atoms with Crippen LogP contribution in [0, 0.1) is 0 Å². The molecule has 5 heteroatoms. The number of aromatic nitrogens is 1. The normalized spacial score (nSPS) is 17.1. The summed E-state index contributed by atoms with van der Waals surface area (Å²) in [6.45, 7) is 6.46. The summed E-state index contributed by atoms with van der Waals surface area (Å²) in [4.78, 5) is 19.5. The summed E-state index contributed by atoms with van der Waals surface area (Å²) in [5, 5.41) is 4.34. The van der Waals surface area contributed by atoms with Gasteiger partial charge in [-0.15, -0.1) is 11.3 Å². The summed E-state index contributed by atoms with van der Waals surface area (Å²) in [6, 6.07) is 0.154. The predicted molar refractivity (Wildman–Crippen MR) is 73.7 cm³/mol. The van der Waals surface area contributed by atoms with Crippen LogP contribution in [-0.2, 0) is 11.2 Å². The quantitative estimate of drug-likeness (QED) is 0.887. The maximum atomic E-state index is 11.9. The molecule has 1 aliphatic rings. The Kier molecular flexibility index (Phi) is 4.72. The van der Waals surface area contributed by atoms with Crippen molar-refractivity contribution in [2.45, 2.75) is 39.2 Å². The highest BCUT2D eigenvalue weighted by Gasteiger charge is 2.18. The molecule has 4 nitrogen and oxygen atoms in total. The van der Waals surface area contributed by atoms with E-state index in [4.69, 9.17) is 0 Å². The third-order valence-corrected chi connectivity index (χ3v) is 4.63. The van der Waals surface area contributed by atoms with Crippen LogP contribution >= 0.6 is 11.3 Å². The van der Waals surface area contributed by atoms with Crippen molar-refractivity contribution in [3.8, 4) is 0 Å². The molecule has 0 spiro atoms. The van der Waals surface area contributed by atoms with Crippen molar-refractivity contribution < 1.29 is 4.79 Å². The second-order valence-electron chi connectivity index (χ2n) is 4.71. The van der Waals surface area contributed by atoms with Gasteiger partial charge in [-0.2, -0.15) is 0 Å². The summed E-state index contributed by atoms with van der Waals surface area (Å²) in [5.74, 6) is 0.214. The first-order valence-electron chi connectivity index (χ1n) is 6.66. The molecule has 1 aromatic rings. The van der Waals surface area contributed by atoms with Crippen molar-refractivity contribution in [3.05, 3.63) is 16.1 Å². The molecule has 1 unspecified atom stereocenters. The SMILES string of the molecule is CCc1cnc(C(C)NCC(=O)N2CCCC2)s1. The zero-order valence-electron chi connectivity index (χ0n) is 11.1. The fraction of sp³-hybridized carbons (Fsp3) is 0.692. The zero-order chi connectivity index (χ0) is 13.0. The molecule has 2 rings (SSSR count). The Morgan fingerprint density at radius 1 is 1.56 bits per heavy atom. The average molecular weight is 267 g/mol. The minimum atomic E-state index is 0.154. The third kappa shape index (κ3) is 3.29. The van der Waals surface area contributed by atoms with Crippen LogP contribution in [0.15, 0.2) is 6.20 Å². The predicted octanol–water partition coefficient (Wildman–Crippen LogP) is 1.98. The van der Waals surface area contributed by atoms with Crippen LogP contribution in [0.3, 0.4) is 0 Å². The van der Waals surface area contributed by atoms with Crippen molar-refractivity contribution in [1.29, 1.82) is 0 Å². The first kappa shape index (κ1) is 13.5. The van der Waals surface area contributed by atoms with Gasteiger partial charge in [0.15, 0.2) is 0 Å². The van der Waals surface area contributed by atoms with Crippen molar-refractivity contribution in [1.82, 2.24) is 15.2 Å². The largest absolute Gasteiger partial charge is 0.342 e. The molecule has 2 heterocycles. The number of likely N-dealkylation sites (tertiary alicyclic amines) is 1. The molecule has 1 saturated heterocycles. The highest BCUT2D eigenvalue weighted by atomic mass is 32.1. The van der Waals surface area contributed by atoms with E-state index < -0.39 is 0 Å². The molecule has 0 aromatic carbocycles. The van der Waals surface area contributed by atoms with Crippen molar-refractivity contribution in [2.75, 3.05) is 19.6 Å². The number of nitrogens with zero attached hydrogens (tertiary/aromatic N) is 2. The minimum Gasteiger partial charge on any atom is -0.342 e. The Hall–Kier alpha value is -0.940. The van der Waals surface area contributed by atoms with Crippen LogP contribution in [0.5, 0.6) is 0 Å². The first-order chi connectivity index (χ1) is 8.70. The minimum absolute atomic E-state index is 0.154. The van der Waals surface area contributed by atoms with Gasteiger partial charge in [0.25, 0.3) is 0 Å². The zero-order valence-corrected chi connectivity index (χ0v) is 11.9. The maximum Gasteiger partial charge on any atom is 0.236 e. The molecule has 1 atom stereocenters. The second-order valence-corrected chi connectivity index (χ2v) is 5.86. The number of carbonyl (C=O) groups excluding carboxylic acids is 1. The smallest absolute Gasteiger partial charge is 0.236 e. The lowest BCUT2D eigenvalue weighted by Crippen LogP contribution is -2.37. The fourth-order valence-corrected chi connectivity index (χ4v) is 2.98. The van der Waals surface area contributed by atoms with Crippen molar-refractivity contribution >= 4 is 17.2 Å². The lowest BCUT2D eigenvalue weighted by atomic mass is 10.3. The molecule has 0 saturated carbocycles. The van der Waals surface area contributed by atoms with E-state index in [-0.39, 0.29) is 11.9 Å². The summed E-state index contributed by atoms with van der Waals surface area (Å²) in [6.07, 6.45) is 5.25. The number of thiazole rings is 1. The second kappa shape index (κ2) is 6.29. The summed E-state index contributed by atoms with van der Waals surface area (Å²) >= 11 is 1.73. The summed E-state index contributed by atoms with van der Waals surface area (Å²) in [5.41, 5.74) is 0. The number of aryl methyl sites for hydroxylation is 1. The van der Waals surface area contributed by atoms with E-state index in [1.54, 1.807) is 11.3 Å². The van der Waals surface area contributed by atoms with Gasteiger partial charge in [-0.05, 0) is 26.2 Å². The van der Waals surface area contributed by atoms with Crippen molar-refractivity contribution in [2.24, 2.45) is 0 Å². The Morgan fingerprint density at radius 3 is 2.89 bits per heavy atom. The van der Waals surface area contributed by atoms with E-state index in [0.29, 0.717) is 6.54 Å². The van der Waals surface area contributed by atoms with E-state index in [9.17, 15) is 4.79 Å². The van der Waals surface area contributed by atoms with Gasteiger partial charge >= 0.3 is 0 Å². The van der Waals surface area contributed by atoms with Crippen LogP contribution in [-0.4, -0.2) is 35.4 Å². The molecule has 1 aliphatic heterocycles. The monoisotopic (exact) mass is 267 g/mol. The highest BCUT2D eigenvalue weighted by Crippen LogP contribution is 2.20. The van der Waals surface area contributed by atoms with Crippen molar-refractivity contribution in [3.63, 3.8) is 0 Å². The molecular weight excluding hydrogens is 246 g/mol. The van der Waals surface area contributed by atoms with Crippen LogP contribution in [0.2, 0.25) is 0 Å². The number of rotatable bonds is 5. The topological polar surface area (TPSA) is 45.2 Å². The van der Waals surface area contributed by atoms with Crippen LogP contribution in [0.25, 0.3) is 0 Å². The summed E-state index contributed by atoms with van der Waals surface area (Å²) < 4.78 is 0.